The number of sulfonamides is 1. The normalized spacial score (nSPS) is 12.2. The molecule has 3 N–H and O–H groups in total. The minimum atomic E-state index is -3.35. The van der Waals surface area contributed by atoms with Gasteiger partial charge in [-0.3, -0.25) is 0 Å². The summed E-state index contributed by atoms with van der Waals surface area (Å²) in [7, 11) is -3.35. The fourth-order valence-electron chi connectivity index (χ4n) is 1.66. The van der Waals surface area contributed by atoms with Crippen molar-refractivity contribution >= 4 is 21.8 Å². The van der Waals surface area contributed by atoms with Gasteiger partial charge in [-0.15, -0.1) is 0 Å². The zero-order valence-electron chi connectivity index (χ0n) is 12.7. The maximum absolute atomic E-state index is 13.7. The van der Waals surface area contributed by atoms with Gasteiger partial charge in [-0.05, 0) is 20.3 Å². The van der Waals surface area contributed by atoms with Gasteiger partial charge in [0.05, 0.1) is 12.5 Å². The van der Waals surface area contributed by atoms with Crippen LogP contribution in [0.2, 0.25) is 0 Å². The third kappa shape index (κ3) is 6.67. The minimum absolute atomic E-state index is 0.0342. The Kier molecular flexibility index (Phi) is 5.85. The third-order valence-corrected chi connectivity index (χ3v) is 3.36. The zero-order valence-corrected chi connectivity index (χ0v) is 13.5. The van der Waals surface area contributed by atoms with E-state index in [0.717, 1.165) is 18.9 Å². The summed E-state index contributed by atoms with van der Waals surface area (Å²) in [6, 6.07) is 0. The highest BCUT2D eigenvalue weighted by molar-refractivity contribution is 7.88. The molecule has 0 amide bonds. The number of nitrogens with zero attached hydrogens (tertiary/aromatic N) is 2. The number of rotatable bonds is 8. The van der Waals surface area contributed by atoms with Crippen LogP contribution in [0, 0.1) is 5.82 Å². The van der Waals surface area contributed by atoms with Gasteiger partial charge in [0, 0.05) is 18.6 Å². The van der Waals surface area contributed by atoms with Crippen molar-refractivity contribution in [3.63, 3.8) is 0 Å². The van der Waals surface area contributed by atoms with E-state index in [9.17, 15) is 12.8 Å². The van der Waals surface area contributed by atoms with Gasteiger partial charge in [0.1, 0.15) is 0 Å². The van der Waals surface area contributed by atoms with Gasteiger partial charge in [0.2, 0.25) is 16.0 Å². The molecule has 0 unspecified atom stereocenters. The van der Waals surface area contributed by atoms with Crippen LogP contribution in [-0.4, -0.2) is 43.3 Å². The molecule has 0 saturated carbocycles. The predicted octanol–water partition coefficient (Wildman–Crippen LogP) is 1.18. The van der Waals surface area contributed by atoms with Gasteiger partial charge >= 0.3 is 0 Å². The van der Waals surface area contributed by atoms with E-state index in [2.05, 4.69) is 25.3 Å². The SMILES string of the molecule is CCCNc1ncc(F)c(NCC(C)(C)NS(C)(=O)=O)n1. The van der Waals surface area contributed by atoms with E-state index in [1.807, 2.05) is 6.92 Å². The van der Waals surface area contributed by atoms with Gasteiger partial charge in [-0.2, -0.15) is 4.98 Å². The van der Waals surface area contributed by atoms with Crippen LogP contribution in [0.25, 0.3) is 0 Å². The van der Waals surface area contributed by atoms with Crippen molar-refractivity contribution in [1.29, 1.82) is 0 Å². The molecule has 0 radical (unpaired) electrons. The van der Waals surface area contributed by atoms with E-state index >= 15 is 0 Å². The van der Waals surface area contributed by atoms with Crippen molar-refractivity contribution in [2.24, 2.45) is 0 Å². The lowest BCUT2D eigenvalue weighted by atomic mass is 10.1. The van der Waals surface area contributed by atoms with Crippen molar-refractivity contribution in [2.75, 3.05) is 30.0 Å². The van der Waals surface area contributed by atoms with Crippen LogP contribution in [0.5, 0.6) is 0 Å². The largest absolute Gasteiger partial charge is 0.366 e. The van der Waals surface area contributed by atoms with Gasteiger partial charge in [0.25, 0.3) is 0 Å². The van der Waals surface area contributed by atoms with E-state index in [4.69, 9.17) is 0 Å². The average molecular weight is 319 g/mol. The van der Waals surface area contributed by atoms with Crippen molar-refractivity contribution < 1.29 is 12.8 Å². The smallest absolute Gasteiger partial charge is 0.224 e. The van der Waals surface area contributed by atoms with Crippen LogP contribution in [0.3, 0.4) is 0 Å². The van der Waals surface area contributed by atoms with E-state index in [-0.39, 0.29) is 12.4 Å². The quantitative estimate of drug-likeness (QED) is 0.666. The Bertz CT molecular complexity index is 577. The molecule has 7 nitrogen and oxygen atoms in total. The summed E-state index contributed by atoms with van der Waals surface area (Å²) in [5, 5.41) is 5.76. The fraction of sp³-hybridized carbons (Fsp3) is 0.667. The molecule has 1 aromatic heterocycles. The highest BCUT2D eigenvalue weighted by Gasteiger charge is 2.22. The summed E-state index contributed by atoms with van der Waals surface area (Å²) in [5.41, 5.74) is -0.776. The molecule has 9 heteroatoms. The first kappa shape index (κ1) is 17.6. The first-order chi connectivity index (χ1) is 9.63. The molecule has 0 bridgehead atoms. The Morgan fingerprint density at radius 2 is 2.00 bits per heavy atom. The van der Waals surface area contributed by atoms with Gasteiger partial charge in [-0.25, -0.2) is 22.5 Å². The lowest BCUT2D eigenvalue weighted by molar-refractivity contribution is 0.474. The van der Waals surface area contributed by atoms with Crippen LogP contribution in [0.1, 0.15) is 27.2 Å². The Labute approximate surface area is 124 Å². The first-order valence-corrected chi connectivity index (χ1v) is 8.51. The van der Waals surface area contributed by atoms with Crippen molar-refractivity contribution in [2.45, 2.75) is 32.7 Å². The molecule has 0 aromatic carbocycles. The maximum Gasteiger partial charge on any atom is 0.224 e. The second-order valence-electron chi connectivity index (χ2n) is 5.43. The summed E-state index contributed by atoms with van der Waals surface area (Å²) in [6.07, 6.45) is 3.05. The summed E-state index contributed by atoms with van der Waals surface area (Å²) >= 11 is 0. The first-order valence-electron chi connectivity index (χ1n) is 6.62. The molecule has 0 saturated heterocycles. The maximum atomic E-state index is 13.7. The molecule has 0 aliphatic heterocycles. The van der Waals surface area contributed by atoms with Gasteiger partial charge < -0.3 is 10.6 Å². The summed E-state index contributed by atoms with van der Waals surface area (Å²) < 4.78 is 38.6. The third-order valence-electron chi connectivity index (χ3n) is 2.44. The summed E-state index contributed by atoms with van der Waals surface area (Å²) in [4.78, 5) is 7.86. The topological polar surface area (TPSA) is 96.0 Å². The average Bonchev–Trinajstić information content (AvgIpc) is 2.33. The van der Waals surface area contributed by atoms with Crippen molar-refractivity contribution in [3.8, 4) is 0 Å². The molecule has 0 aliphatic rings. The molecule has 1 aromatic rings. The standard InChI is InChI=1S/C12H22FN5O2S/c1-5-6-14-11-15-7-9(13)10(17-11)16-8-12(2,3)18-21(4,19)20/h7,18H,5-6,8H2,1-4H3,(H2,14,15,16,17). The van der Waals surface area contributed by atoms with E-state index < -0.39 is 21.4 Å². The molecular weight excluding hydrogens is 297 g/mol. The van der Waals surface area contributed by atoms with Crippen molar-refractivity contribution in [3.05, 3.63) is 12.0 Å². The molecule has 1 rings (SSSR count). The van der Waals surface area contributed by atoms with Crippen molar-refractivity contribution in [1.82, 2.24) is 14.7 Å². The highest BCUT2D eigenvalue weighted by atomic mass is 32.2. The van der Waals surface area contributed by atoms with E-state index in [0.29, 0.717) is 12.5 Å². The van der Waals surface area contributed by atoms with Crippen LogP contribution in [0.15, 0.2) is 6.20 Å². The molecule has 21 heavy (non-hydrogen) atoms. The molecule has 0 aliphatic carbocycles. The molecule has 1 heterocycles. The van der Waals surface area contributed by atoms with Gasteiger partial charge in [0.15, 0.2) is 11.6 Å². The second kappa shape index (κ2) is 6.99. The second-order valence-corrected chi connectivity index (χ2v) is 7.18. The lowest BCUT2D eigenvalue weighted by Gasteiger charge is -2.25. The predicted molar refractivity (Wildman–Crippen MR) is 81.3 cm³/mol. The minimum Gasteiger partial charge on any atom is -0.366 e. The van der Waals surface area contributed by atoms with E-state index in [1.54, 1.807) is 13.8 Å². The Balaban J connectivity index is 2.74. The van der Waals surface area contributed by atoms with E-state index in [1.165, 1.54) is 0 Å². The number of halogens is 1. The van der Waals surface area contributed by atoms with Gasteiger partial charge in [-0.1, -0.05) is 6.92 Å². The Morgan fingerprint density at radius 1 is 1.33 bits per heavy atom. The lowest BCUT2D eigenvalue weighted by Crippen LogP contribution is -2.47. The molecule has 0 atom stereocenters. The molecular formula is C12H22FN5O2S. The highest BCUT2D eigenvalue weighted by Crippen LogP contribution is 2.14. The number of anilines is 2. The zero-order chi connectivity index (χ0) is 16.1. The van der Waals surface area contributed by atoms with Crippen LogP contribution < -0.4 is 15.4 Å². The molecule has 0 fully saturated rings. The molecule has 0 spiro atoms. The number of nitrogens with one attached hydrogen (secondary N) is 3. The number of aromatic nitrogens is 2. The van der Waals surface area contributed by atoms with Crippen LogP contribution in [-0.2, 0) is 10.0 Å². The monoisotopic (exact) mass is 319 g/mol. The number of hydrogen-bond donors (Lipinski definition) is 3. The van der Waals surface area contributed by atoms with Crippen LogP contribution >= 0.6 is 0 Å². The Hall–Kier alpha value is -1.48. The summed E-state index contributed by atoms with van der Waals surface area (Å²) in [6.45, 7) is 6.25. The fourth-order valence-corrected chi connectivity index (χ4v) is 2.73. The van der Waals surface area contributed by atoms with Crippen LogP contribution in [0.4, 0.5) is 16.2 Å². The molecule has 120 valence electrons. The number of hydrogen-bond acceptors (Lipinski definition) is 6. The summed E-state index contributed by atoms with van der Waals surface area (Å²) in [5.74, 6) is -0.228. The Morgan fingerprint density at radius 3 is 2.57 bits per heavy atom.